The standard InChI is InChI=1S/C12H17ClN2O/c1-3-12(14,4-2)11(16)15-10-8-6-5-7-9(10)13/h5-8H,3-4,14H2,1-2H3,(H,15,16). The molecule has 16 heavy (non-hydrogen) atoms. The van der Waals surface area contributed by atoms with Crippen molar-refractivity contribution in [1.29, 1.82) is 0 Å². The minimum Gasteiger partial charge on any atom is -0.323 e. The number of carbonyl (C=O) groups is 1. The van der Waals surface area contributed by atoms with Crippen LogP contribution in [0.3, 0.4) is 0 Å². The first-order chi connectivity index (χ1) is 7.53. The molecule has 0 aliphatic heterocycles. The molecule has 0 unspecified atom stereocenters. The topological polar surface area (TPSA) is 55.1 Å². The molecule has 0 aromatic heterocycles. The van der Waals surface area contributed by atoms with Gasteiger partial charge < -0.3 is 11.1 Å². The molecule has 0 atom stereocenters. The zero-order chi connectivity index (χ0) is 12.2. The highest BCUT2D eigenvalue weighted by molar-refractivity contribution is 6.33. The number of benzene rings is 1. The second-order valence-corrected chi connectivity index (χ2v) is 4.20. The lowest BCUT2D eigenvalue weighted by atomic mass is 9.93. The zero-order valence-electron chi connectivity index (χ0n) is 9.59. The smallest absolute Gasteiger partial charge is 0.244 e. The summed E-state index contributed by atoms with van der Waals surface area (Å²) in [5.74, 6) is -0.189. The molecule has 0 spiro atoms. The van der Waals surface area contributed by atoms with Crippen LogP contribution in [0.2, 0.25) is 5.02 Å². The first kappa shape index (κ1) is 13.0. The van der Waals surface area contributed by atoms with Gasteiger partial charge in [-0.15, -0.1) is 0 Å². The molecular formula is C12H17ClN2O. The first-order valence-electron chi connectivity index (χ1n) is 5.38. The van der Waals surface area contributed by atoms with Crippen LogP contribution in [0.1, 0.15) is 26.7 Å². The maximum Gasteiger partial charge on any atom is 0.244 e. The summed E-state index contributed by atoms with van der Waals surface area (Å²) in [6, 6.07) is 7.12. The molecule has 1 amide bonds. The Hall–Kier alpha value is -1.06. The molecule has 4 heteroatoms. The van der Waals surface area contributed by atoms with E-state index in [2.05, 4.69) is 5.32 Å². The number of carbonyl (C=O) groups excluding carboxylic acids is 1. The van der Waals surface area contributed by atoms with Gasteiger partial charge in [0.15, 0.2) is 0 Å². The fourth-order valence-electron chi connectivity index (χ4n) is 1.38. The summed E-state index contributed by atoms with van der Waals surface area (Å²) >= 11 is 5.95. The minimum absolute atomic E-state index is 0.189. The largest absolute Gasteiger partial charge is 0.323 e. The van der Waals surface area contributed by atoms with Gasteiger partial charge in [-0.3, -0.25) is 4.79 Å². The lowest BCUT2D eigenvalue weighted by Gasteiger charge is -2.25. The normalized spacial score (nSPS) is 11.2. The Balaban J connectivity index is 2.83. The molecule has 0 saturated heterocycles. The molecular weight excluding hydrogens is 224 g/mol. The predicted octanol–water partition coefficient (Wildman–Crippen LogP) is 2.80. The molecule has 0 radical (unpaired) electrons. The van der Waals surface area contributed by atoms with Gasteiger partial charge in [-0.1, -0.05) is 37.6 Å². The van der Waals surface area contributed by atoms with E-state index in [-0.39, 0.29) is 5.91 Å². The van der Waals surface area contributed by atoms with Gasteiger partial charge in [0.05, 0.1) is 16.2 Å². The maximum atomic E-state index is 12.0. The third-order valence-electron chi connectivity index (χ3n) is 2.84. The molecule has 1 rings (SSSR count). The van der Waals surface area contributed by atoms with Crippen molar-refractivity contribution in [3.8, 4) is 0 Å². The van der Waals surface area contributed by atoms with Crippen molar-refractivity contribution in [3.05, 3.63) is 29.3 Å². The highest BCUT2D eigenvalue weighted by atomic mass is 35.5. The van der Waals surface area contributed by atoms with Crippen molar-refractivity contribution in [2.45, 2.75) is 32.2 Å². The Morgan fingerprint density at radius 3 is 2.44 bits per heavy atom. The summed E-state index contributed by atoms with van der Waals surface area (Å²) < 4.78 is 0. The van der Waals surface area contributed by atoms with Gasteiger partial charge in [0.25, 0.3) is 0 Å². The van der Waals surface area contributed by atoms with Crippen LogP contribution in [0.5, 0.6) is 0 Å². The van der Waals surface area contributed by atoms with E-state index in [1.807, 2.05) is 26.0 Å². The second-order valence-electron chi connectivity index (χ2n) is 3.80. The Labute approximate surface area is 101 Å². The van der Waals surface area contributed by atoms with Gasteiger partial charge in [-0.25, -0.2) is 0 Å². The summed E-state index contributed by atoms with van der Waals surface area (Å²) in [5, 5.41) is 3.28. The summed E-state index contributed by atoms with van der Waals surface area (Å²) in [5.41, 5.74) is 5.77. The molecule has 0 aliphatic carbocycles. The summed E-state index contributed by atoms with van der Waals surface area (Å²) in [6.45, 7) is 3.80. The fourth-order valence-corrected chi connectivity index (χ4v) is 1.56. The molecule has 0 bridgehead atoms. The number of nitrogens with one attached hydrogen (secondary N) is 1. The molecule has 88 valence electrons. The van der Waals surface area contributed by atoms with Crippen LogP contribution in [0.4, 0.5) is 5.69 Å². The van der Waals surface area contributed by atoms with Crippen LogP contribution in [0.25, 0.3) is 0 Å². The number of nitrogens with two attached hydrogens (primary N) is 1. The molecule has 3 nitrogen and oxygen atoms in total. The molecule has 3 N–H and O–H groups in total. The van der Waals surface area contributed by atoms with Crippen LogP contribution < -0.4 is 11.1 Å². The number of rotatable bonds is 4. The van der Waals surface area contributed by atoms with E-state index >= 15 is 0 Å². The average molecular weight is 241 g/mol. The van der Waals surface area contributed by atoms with Crippen LogP contribution in [0.15, 0.2) is 24.3 Å². The Morgan fingerprint density at radius 1 is 1.38 bits per heavy atom. The van der Waals surface area contributed by atoms with E-state index in [1.165, 1.54) is 0 Å². The van der Waals surface area contributed by atoms with E-state index in [1.54, 1.807) is 12.1 Å². The monoisotopic (exact) mass is 240 g/mol. The van der Waals surface area contributed by atoms with Gasteiger partial charge >= 0.3 is 0 Å². The van der Waals surface area contributed by atoms with Crippen LogP contribution >= 0.6 is 11.6 Å². The lowest BCUT2D eigenvalue weighted by Crippen LogP contribution is -2.50. The highest BCUT2D eigenvalue weighted by Gasteiger charge is 2.30. The molecule has 0 saturated carbocycles. The number of amides is 1. The van der Waals surface area contributed by atoms with E-state index in [9.17, 15) is 4.79 Å². The quantitative estimate of drug-likeness (QED) is 0.850. The molecule has 1 aromatic carbocycles. The van der Waals surface area contributed by atoms with Crippen molar-refractivity contribution in [2.75, 3.05) is 5.32 Å². The maximum absolute atomic E-state index is 12.0. The van der Waals surface area contributed by atoms with Crippen molar-refractivity contribution in [1.82, 2.24) is 0 Å². The van der Waals surface area contributed by atoms with Gasteiger partial charge in [0.2, 0.25) is 5.91 Å². The molecule has 0 fully saturated rings. The molecule has 0 aliphatic rings. The minimum atomic E-state index is -0.820. The van der Waals surface area contributed by atoms with Crippen molar-refractivity contribution >= 4 is 23.2 Å². The Kier molecular flexibility index (Phi) is 4.33. The van der Waals surface area contributed by atoms with Crippen LogP contribution in [-0.2, 0) is 4.79 Å². The average Bonchev–Trinajstić information content (AvgIpc) is 2.31. The Morgan fingerprint density at radius 2 is 1.94 bits per heavy atom. The summed E-state index contributed by atoms with van der Waals surface area (Å²) in [7, 11) is 0. The van der Waals surface area contributed by atoms with Crippen LogP contribution in [-0.4, -0.2) is 11.4 Å². The van der Waals surface area contributed by atoms with E-state index in [0.29, 0.717) is 23.6 Å². The third-order valence-corrected chi connectivity index (χ3v) is 3.17. The lowest BCUT2D eigenvalue weighted by molar-refractivity contribution is -0.121. The predicted molar refractivity (Wildman–Crippen MR) is 67.6 cm³/mol. The van der Waals surface area contributed by atoms with Gasteiger partial charge in [0.1, 0.15) is 0 Å². The van der Waals surface area contributed by atoms with Crippen molar-refractivity contribution in [2.24, 2.45) is 5.73 Å². The summed E-state index contributed by atoms with van der Waals surface area (Å²) in [4.78, 5) is 12.0. The van der Waals surface area contributed by atoms with E-state index in [0.717, 1.165) is 0 Å². The second kappa shape index (κ2) is 5.32. The molecule has 1 aromatic rings. The van der Waals surface area contributed by atoms with Crippen LogP contribution in [0, 0.1) is 0 Å². The van der Waals surface area contributed by atoms with E-state index < -0.39 is 5.54 Å². The number of anilines is 1. The van der Waals surface area contributed by atoms with E-state index in [4.69, 9.17) is 17.3 Å². The number of halogens is 1. The van der Waals surface area contributed by atoms with Crippen molar-refractivity contribution < 1.29 is 4.79 Å². The number of hydrogen-bond donors (Lipinski definition) is 2. The summed E-state index contributed by atoms with van der Waals surface area (Å²) in [6.07, 6.45) is 1.19. The highest BCUT2D eigenvalue weighted by Crippen LogP contribution is 2.22. The van der Waals surface area contributed by atoms with Crippen molar-refractivity contribution in [3.63, 3.8) is 0 Å². The molecule has 0 heterocycles. The van der Waals surface area contributed by atoms with Gasteiger partial charge in [-0.2, -0.15) is 0 Å². The fraction of sp³-hybridized carbons (Fsp3) is 0.417. The third kappa shape index (κ3) is 2.74. The SMILES string of the molecule is CCC(N)(CC)C(=O)Nc1ccccc1Cl. The number of hydrogen-bond acceptors (Lipinski definition) is 2. The van der Waals surface area contributed by atoms with Gasteiger partial charge in [-0.05, 0) is 25.0 Å². The Bertz CT molecular complexity index is 375. The number of para-hydroxylation sites is 1. The zero-order valence-corrected chi connectivity index (χ0v) is 10.3. The first-order valence-corrected chi connectivity index (χ1v) is 5.76. The van der Waals surface area contributed by atoms with Gasteiger partial charge in [0, 0.05) is 0 Å².